The number of unbranched alkanes of at least 4 members (excludes halogenated alkanes) is 1. The van der Waals surface area contributed by atoms with Crippen LogP contribution in [0.1, 0.15) is 40.0 Å². The topological polar surface area (TPSA) is 41.6 Å². The van der Waals surface area contributed by atoms with E-state index in [1.54, 1.807) is 0 Å². The first-order valence-corrected chi connectivity index (χ1v) is 6.64. The van der Waals surface area contributed by atoms with Crippen LogP contribution >= 0.6 is 0 Å². The van der Waals surface area contributed by atoms with E-state index in [4.69, 9.17) is 4.74 Å². The first kappa shape index (κ1) is 16.4. The predicted octanol–water partition coefficient (Wildman–Crippen LogP) is 1.65. The second-order valence-electron chi connectivity index (χ2n) is 4.59. The largest absolute Gasteiger partial charge is 0.466 e. The van der Waals surface area contributed by atoms with Gasteiger partial charge in [0.05, 0.1) is 13.0 Å². The van der Waals surface area contributed by atoms with Crippen molar-refractivity contribution in [2.75, 3.05) is 33.3 Å². The Morgan fingerprint density at radius 3 is 2.59 bits per heavy atom. The van der Waals surface area contributed by atoms with Crippen molar-refractivity contribution in [3.63, 3.8) is 0 Å². The third-order valence-electron chi connectivity index (χ3n) is 2.81. The lowest BCUT2D eigenvalue weighted by Crippen LogP contribution is -2.28. The summed E-state index contributed by atoms with van der Waals surface area (Å²) in [6, 6.07) is 0.617. The maximum absolute atomic E-state index is 11.0. The summed E-state index contributed by atoms with van der Waals surface area (Å²) in [4.78, 5) is 13.4. The molecular formula is C13H28N2O2. The second kappa shape index (κ2) is 10.5. The number of carbonyl (C=O) groups is 1. The van der Waals surface area contributed by atoms with E-state index >= 15 is 0 Å². The molecule has 1 N–H and O–H groups in total. The molecule has 0 aromatic carbocycles. The number of hydrogen-bond donors (Lipinski definition) is 1. The number of ether oxygens (including phenoxy) is 1. The fourth-order valence-electron chi connectivity index (χ4n) is 1.42. The minimum absolute atomic E-state index is 0.112. The van der Waals surface area contributed by atoms with Gasteiger partial charge in [-0.2, -0.15) is 0 Å². The second-order valence-corrected chi connectivity index (χ2v) is 4.59. The molecule has 0 aromatic heterocycles. The Balaban J connectivity index is 3.21. The lowest BCUT2D eigenvalue weighted by molar-refractivity contribution is -0.142. The SMILES string of the molecule is CCOC(=O)CCNCCCCN(C)C(C)C. The molecule has 0 rings (SSSR count). The predicted molar refractivity (Wildman–Crippen MR) is 71.1 cm³/mol. The number of esters is 1. The molecule has 0 aliphatic carbocycles. The zero-order valence-corrected chi connectivity index (χ0v) is 11.8. The number of nitrogens with zero attached hydrogens (tertiary/aromatic N) is 1. The van der Waals surface area contributed by atoms with Gasteiger partial charge < -0.3 is 15.0 Å². The van der Waals surface area contributed by atoms with Crippen LogP contribution in [0.2, 0.25) is 0 Å². The maximum atomic E-state index is 11.0. The molecule has 0 amide bonds. The smallest absolute Gasteiger partial charge is 0.307 e. The van der Waals surface area contributed by atoms with Gasteiger partial charge in [0.25, 0.3) is 0 Å². The summed E-state index contributed by atoms with van der Waals surface area (Å²) in [5.41, 5.74) is 0. The molecule has 4 heteroatoms. The normalized spacial score (nSPS) is 11.2. The van der Waals surface area contributed by atoms with E-state index in [1.165, 1.54) is 6.42 Å². The van der Waals surface area contributed by atoms with Crippen molar-refractivity contribution in [3.05, 3.63) is 0 Å². The van der Waals surface area contributed by atoms with E-state index in [-0.39, 0.29) is 5.97 Å². The van der Waals surface area contributed by atoms with Crippen molar-refractivity contribution in [2.45, 2.75) is 46.1 Å². The number of nitrogens with one attached hydrogen (secondary N) is 1. The maximum Gasteiger partial charge on any atom is 0.307 e. The minimum Gasteiger partial charge on any atom is -0.466 e. The summed E-state index contributed by atoms with van der Waals surface area (Å²) in [5, 5.41) is 3.26. The Morgan fingerprint density at radius 1 is 1.29 bits per heavy atom. The molecule has 0 bridgehead atoms. The van der Waals surface area contributed by atoms with Gasteiger partial charge in [-0.1, -0.05) is 0 Å². The molecule has 0 spiro atoms. The van der Waals surface area contributed by atoms with Crippen LogP contribution in [0, 0.1) is 0 Å². The highest BCUT2D eigenvalue weighted by atomic mass is 16.5. The van der Waals surface area contributed by atoms with E-state index in [9.17, 15) is 4.79 Å². The van der Waals surface area contributed by atoms with Crippen LogP contribution in [0.4, 0.5) is 0 Å². The van der Waals surface area contributed by atoms with Crippen molar-refractivity contribution in [1.29, 1.82) is 0 Å². The van der Waals surface area contributed by atoms with Crippen LogP contribution in [0.5, 0.6) is 0 Å². The van der Waals surface area contributed by atoms with E-state index in [2.05, 4.69) is 31.1 Å². The molecule has 0 radical (unpaired) electrons. The molecular weight excluding hydrogens is 216 g/mol. The van der Waals surface area contributed by atoms with Gasteiger partial charge in [0, 0.05) is 12.6 Å². The highest BCUT2D eigenvalue weighted by Gasteiger charge is 2.02. The molecule has 0 atom stereocenters. The van der Waals surface area contributed by atoms with Gasteiger partial charge in [-0.15, -0.1) is 0 Å². The van der Waals surface area contributed by atoms with Crippen molar-refractivity contribution < 1.29 is 9.53 Å². The summed E-state index contributed by atoms with van der Waals surface area (Å²) in [7, 11) is 2.15. The van der Waals surface area contributed by atoms with Crippen LogP contribution in [0.3, 0.4) is 0 Å². The Kier molecular flexibility index (Phi) is 10.2. The fourth-order valence-corrected chi connectivity index (χ4v) is 1.42. The van der Waals surface area contributed by atoms with Gasteiger partial charge in [-0.3, -0.25) is 4.79 Å². The van der Waals surface area contributed by atoms with E-state index < -0.39 is 0 Å². The van der Waals surface area contributed by atoms with E-state index in [0.29, 0.717) is 19.1 Å². The zero-order valence-electron chi connectivity index (χ0n) is 11.8. The molecule has 102 valence electrons. The third kappa shape index (κ3) is 10.3. The highest BCUT2D eigenvalue weighted by Crippen LogP contribution is 1.97. The zero-order chi connectivity index (χ0) is 13.1. The molecule has 0 unspecified atom stereocenters. The first-order valence-electron chi connectivity index (χ1n) is 6.64. The quantitative estimate of drug-likeness (QED) is 0.469. The van der Waals surface area contributed by atoms with Crippen molar-refractivity contribution >= 4 is 5.97 Å². The third-order valence-corrected chi connectivity index (χ3v) is 2.81. The summed E-state index contributed by atoms with van der Waals surface area (Å²) < 4.78 is 4.84. The molecule has 0 saturated carbocycles. The summed E-state index contributed by atoms with van der Waals surface area (Å²) in [6.07, 6.45) is 2.82. The molecule has 0 saturated heterocycles. The lowest BCUT2D eigenvalue weighted by atomic mass is 10.2. The van der Waals surface area contributed by atoms with E-state index in [0.717, 1.165) is 26.1 Å². The number of hydrogen-bond acceptors (Lipinski definition) is 4. The molecule has 17 heavy (non-hydrogen) atoms. The van der Waals surface area contributed by atoms with Crippen LogP contribution in [0.15, 0.2) is 0 Å². The van der Waals surface area contributed by atoms with Gasteiger partial charge in [0.2, 0.25) is 0 Å². The number of rotatable bonds is 10. The number of carbonyl (C=O) groups excluding carboxylic acids is 1. The average molecular weight is 244 g/mol. The van der Waals surface area contributed by atoms with Gasteiger partial charge in [-0.25, -0.2) is 0 Å². The molecule has 0 aliphatic rings. The Bertz CT molecular complexity index is 196. The minimum atomic E-state index is -0.112. The monoisotopic (exact) mass is 244 g/mol. The molecule has 0 fully saturated rings. The highest BCUT2D eigenvalue weighted by molar-refractivity contribution is 5.69. The Morgan fingerprint density at radius 2 is 2.00 bits per heavy atom. The Labute approximate surface area is 106 Å². The van der Waals surface area contributed by atoms with E-state index in [1.807, 2.05) is 6.92 Å². The van der Waals surface area contributed by atoms with Gasteiger partial charge in [-0.05, 0) is 53.8 Å². The van der Waals surface area contributed by atoms with Crippen LogP contribution in [-0.2, 0) is 9.53 Å². The summed E-state index contributed by atoms with van der Waals surface area (Å²) >= 11 is 0. The summed E-state index contributed by atoms with van der Waals surface area (Å²) in [6.45, 7) is 9.55. The van der Waals surface area contributed by atoms with Crippen molar-refractivity contribution in [3.8, 4) is 0 Å². The fraction of sp³-hybridized carbons (Fsp3) is 0.923. The Hall–Kier alpha value is -0.610. The van der Waals surface area contributed by atoms with Gasteiger partial charge in [0.15, 0.2) is 0 Å². The van der Waals surface area contributed by atoms with Crippen LogP contribution < -0.4 is 5.32 Å². The first-order chi connectivity index (χ1) is 8.07. The van der Waals surface area contributed by atoms with Crippen LogP contribution in [0.25, 0.3) is 0 Å². The van der Waals surface area contributed by atoms with Crippen molar-refractivity contribution in [2.24, 2.45) is 0 Å². The summed E-state index contributed by atoms with van der Waals surface area (Å²) in [5.74, 6) is -0.112. The standard InChI is InChI=1S/C13H28N2O2/c1-5-17-13(16)8-10-14-9-6-7-11-15(4)12(2)3/h12,14H,5-11H2,1-4H3. The lowest BCUT2D eigenvalue weighted by Gasteiger charge is -2.20. The van der Waals surface area contributed by atoms with Crippen LogP contribution in [-0.4, -0.2) is 50.2 Å². The van der Waals surface area contributed by atoms with Gasteiger partial charge in [0.1, 0.15) is 0 Å². The molecule has 0 aromatic rings. The molecule has 0 aliphatic heterocycles. The average Bonchev–Trinajstić information content (AvgIpc) is 2.27. The molecule has 0 heterocycles. The molecule has 4 nitrogen and oxygen atoms in total. The van der Waals surface area contributed by atoms with Gasteiger partial charge >= 0.3 is 5.97 Å². The van der Waals surface area contributed by atoms with Crippen molar-refractivity contribution in [1.82, 2.24) is 10.2 Å².